The third-order valence-corrected chi connectivity index (χ3v) is 5.49. The highest BCUT2D eigenvalue weighted by molar-refractivity contribution is 6.02. The first-order valence-electron chi connectivity index (χ1n) is 9.48. The van der Waals surface area contributed by atoms with Crippen molar-refractivity contribution >= 4 is 5.71 Å². The van der Waals surface area contributed by atoms with Crippen molar-refractivity contribution in [2.45, 2.75) is 51.0 Å². The van der Waals surface area contributed by atoms with Gasteiger partial charge >= 0.3 is 0 Å². The Kier molecular flexibility index (Phi) is 4.83. The molecule has 2 aliphatic rings. The fourth-order valence-corrected chi connectivity index (χ4v) is 4.08. The van der Waals surface area contributed by atoms with Crippen LogP contribution in [0.2, 0.25) is 0 Å². The van der Waals surface area contributed by atoms with Gasteiger partial charge < -0.3 is 14.7 Å². The third kappa shape index (κ3) is 3.28. The van der Waals surface area contributed by atoms with E-state index in [1.54, 1.807) is 7.11 Å². The molecule has 2 aromatic rings. The van der Waals surface area contributed by atoms with Crippen LogP contribution in [0.25, 0.3) is 11.1 Å². The molecule has 4 nitrogen and oxygen atoms in total. The number of ether oxygens (including phenoxy) is 2. The van der Waals surface area contributed by atoms with E-state index in [1.807, 2.05) is 6.07 Å². The number of methoxy groups -OCH3 is 1. The molecule has 0 saturated heterocycles. The van der Waals surface area contributed by atoms with E-state index in [0.29, 0.717) is 6.10 Å². The zero-order valence-corrected chi connectivity index (χ0v) is 15.2. The van der Waals surface area contributed by atoms with Gasteiger partial charge in [0.15, 0.2) is 11.5 Å². The topological polar surface area (TPSA) is 51.0 Å². The highest BCUT2D eigenvalue weighted by Crippen LogP contribution is 2.36. The Balaban J connectivity index is 1.67. The fourth-order valence-electron chi connectivity index (χ4n) is 4.08. The smallest absolute Gasteiger partial charge is 0.162 e. The fraction of sp³-hybridized carbons (Fsp3) is 0.409. The lowest BCUT2D eigenvalue weighted by Crippen LogP contribution is -2.12. The van der Waals surface area contributed by atoms with Gasteiger partial charge in [-0.1, -0.05) is 29.4 Å². The minimum Gasteiger partial charge on any atom is -0.493 e. The van der Waals surface area contributed by atoms with Gasteiger partial charge in [0.25, 0.3) is 0 Å². The number of aryl methyl sites for hydroxylation is 1. The molecule has 0 bridgehead atoms. The van der Waals surface area contributed by atoms with Gasteiger partial charge in [-0.25, -0.2) is 0 Å². The summed E-state index contributed by atoms with van der Waals surface area (Å²) in [5.74, 6) is 1.61. The van der Waals surface area contributed by atoms with Gasteiger partial charge in [0.2, 0.25) is 0 Å². The Morgan fingerprint density at radius 1 is 0.923 bits per heavy atom. The molecular formula is C22H25NO3. The van der Waals surface area contributed by atoms with Crippen molar-refractivity contribution < 1.29 is 14.7 Å². The molecule has 0 aliphatic heterocycles. The summed E-state index contributed by atoms with van der Waals surface area (Å²) in [5, 5.41) is 12.7. The van der Waals surface area contributed by atoms with Gasteiger partial charge in [-0.15, -0.1) is 0 Å². The van der Waals surface area contributed by atoms with Gasteiger partial charge in [0.05, 0.1) is 18.9 Å². The number of hydrogen-bond acceptors (Lipinski definition) is 4. The molecule has 0 aromatic heterocycles. The Morgan fingerprint density at radius 2 is 1.69 bits per heavy atom. The van der Waals surface area contributed by atoms with Crippen LogP contribution in [-0.2, 0) is 6.42 Å². The van der Waals surface area contributed by atoms with E-state index < -0.39 is 0 Å². The maximum absolute atomic E-state index is 9.21. The summed E-state index contributed by atoms with van der Waals surface area (Å²) in [6, 6.07) is 12.5. The first-order chi connectivity index (χ1) is 12.8. The summed E-state index contributed by atoms with van der Waals surface area (Å²) in [6.45, 7) is 0. The number of fused-ring (bicyclic) bond motifs is 1. The second kappa shape index (κ2) is 7.40. The minimum absolute atomic E-state index is 0.297. The van der Waals surface area contributed by atoms with Crippen molar-refractivity contribution in [3.63, 3.8) is 0 Å². The molecular weight excluding hydrogens is 326 g/mol. The molecule has 1 saturated carbocycles. The zero-order chi connectivity index (χ0) is 17.9. The lowest BCUT2D eigenvalue weighted by molar-refractivity contribution is 0.201. The van der Waals surface area contributed by atoms with Crippen LogP contribution in [0.1, 0.15) is 49.7 Å². The van der Waals surface area contributed by atoms with E-state index in [9.17, 15) is 5.21 Å². The molecule has 26 heavy (non-hydrogen) atoms. The number of hydrogen-bond donors (Lipinski definition) is 1. The maximum Gasteiger partial charge on any atom is 0.162 e. The maximum atomic E-state index is 9.21. The first-order valence-corrected chi connectivity index (χ1v) is 9.48. The number of rotatable bonds is 4. The third-order valence-electron chi connectivity index (χ3n) is 5.49. The summed E-state index contributed by atoms with van der Waals surface area (Å²) in [4.78, 5) is 0. The lowest BCUT2D eigenvalue weighted by atomic mass is 9.87. The summed E-state index contributed by atoms with van der Waals surface area (Å²) < 4.78 is 11.7. The van der Waals surface area contributed by atoms with Gasteiger partial charge in [-0.3, -0.25) is 0 Å². The highest BCUT2D eigenvalue weighted by Gasteiger charge is 2.20. The quantitative estimate of drug-likeness (QED) is 0.608. The van der Waals surface area contributed by atoms with E-state index in [2.05, 4.69) is 35.5 Å². The van der Waals surface area contributed by atoms with Gasteiger partial charge in [-0.2, -0.15) is 0 Å². The van der Waals surface area contributed by atoms with E-state index in [4.69, 9.17) is 9.47 Å². The molecule has 1 N–H and O–H groups in total. The van der Waals surface area contributed by atoms with E-state index in [1.165, 1.54) is 18.4 Å². The molecule has 4 rings (SSSR count). The largest absolute Gasteiger partial charge is 0.493 e. The molecule has 4 heteroatoms. The second-order valence-corrected chi connectivity index (χ2v) is 7.16. The summed E-state index contributed by atoms with van der Waals surface area (Å²) in [5.41, 5.74) is 5.38. The number of oxime groups is 1. The Hall–Kier alpha value is -2.49. The second-order valence-electron chi connectivity index (χ2n) is 7.16. The molecule has 2 aromatic carbocycles. The summed E-state index contributed by atoms with van der Waals surface area (Å²) in [7, 11) is 1.69. The van der Waals surface area contributed by atoms with Gasteiger partial charge in [0, 0.05) is 5.56 Å². The molecule has 0 spiro atoms. The van der Waals surface area contributed by atoms with E-state index in [-0.39, 0.29) is 0 Å². The van der Waals surface area contributed by atoms with Crippen LogP contribution < -0.4 is 9.47 Å². The van der Waals surface area contributed by atoms with Crippen LogP contribution in [0.5, 0.6) is 11.5 Å². The summed E-state index contributed by atoms with van der Waals surface area (Å²) >= 11 is 0. The van der Waals surface area contributed by atoms with Crippen molar-refractivity contribution in [3.8, 4) is 22.6 Å². The molecule has 0 heterocycles. The van der Waals surface area contributed by atoms with Crippen LogP contribution in [0.15, 0.2) is 41.6 Å². The van der Waals surface area contributed by atoms with Crippen LogP contribution in [0.4, 0.5) is 0 Å². The van der Waals surface area contributed by atoms with Crippen molar-refractivity contribution in [2.24, 2.45) is 5.16 Å². The normalized spacial score (nSPS) is 18.7. The standard InChI is InChI=1S/C22H25NO3/c1-25-21-12-10-16(14-22(21)26-18-6-2-3-7-18)15-9-11-19-17(13-15)5-4-8-20(19)23-24/h9-14,18,24H,2-8H2,1H3/b23-20-. The van der Waals surface area contributed by atoms with Crippen LogP contribution in [-0.4, -0.2) is 24.1 Å². The Labute approximate surface area is 154 Å². The molecule has 0 atom stereocenters. The minimum atomic E-state index is 0.297. The van der Waals surface area contributed by atoms with Crippen molar-refractivity contribution in [3.05, 3.63) is 47.5 Å². The van der Waals surface area contributed by atoms with Gasteiger partial charge in [-0.05, 0) is 73.8 Å². The molecule has 136 valence electrons. The van der Waals surface area contributed by atoms with E-state index in [0.717, 1.165) is 66.0 Å². The van der Waals surface area contributed by atoms with E-state index >= 15 is 0 Å². The van der Waals surface area contributed by atoms with Crippen molar-refractivity contribution in [2.75, 3.05) is 7.11 Å². The van der Waals surface area contributed by atoms with Crippen LogP contribution in [0, 0.1) is 0 Å². The SMILES string of the molecule is COc1ccc(-c2ccc3c(c2)CCC/C3=N/O)cc1OC1CCCC1. The number of benzene rings is 2. The monoisotopic (exact) mass is 351 g/mol. The molecule has 1 fully saturated rings. The predicted octanol–water partition coefficient (Wildman–Crippen LogP) is 5.20. The van der Waals surface area contributed by atoms with Crippen LogP contribution in [0.3, 0.4) is 0 Å². The van der Waals surface area contributed by atoms with Crippen molar-refractivity contribution in [1.29, 1.82) is 0 Å². The molecule has 0 unspecified atom stereocenters. The van der Waals surface area contributed by atoms with Crippen molar-refractivity contribution in [1.82, 2.24) is 0 Å². The Morgan fingerprint density at radius 3 is 2.46 bits per heavy atom. The predicted molar refractivity (Wildman–Crippen MR) is 103 cm³/mol. The highest BCUT2D eigenvalue weighted by atomic mass is 16.5. The Bertz CT molecular complexity index is 822. The average Bonchev–Trinajstić information content (AvgIpc) is 3.20. The molecule has 0 radical (unpaired) electrons. The number of nitrogens with zero attached hydrogens (tertiary/aromatic N) is 1. The first kappa shape index (κ1) is 17.0. The zero-order valence-electron chi connectivity index (χ0n) is 15.2. The van der Waals surface area contributed by atoms with Crippen LogP contribution >= 0.6 is 0 Å². The molecule has 2 aliphatic carbocycles. The summed E-state index contributed by atoms with van der Waals surface area (Å²) in [6.07, 6.45) is 7.90. The molecule has 0 amide bonds. The lowest BCUT2D eigenvalue weighted by Gasteiger charge is -2.19. The average molecular weight is 351 g/mol. The van der Waals surface area contributed by atoms with Gasteiger partial charge in [0.1, 0.15) is 0 Å².